The van der Waals surface area contributed by atoms with Crippen molar-refractivity contribution in [2.45, 2.75) is 19.6 Å². The molecule has 8 nitrogen and oxygen atoms in total. The van der Waals surface area contributed by atoms with Crippen LogP contribution in [0.1, 0.15) is 29.7 Å². The van der Waals surface area contributed by atoms with Crippen LogP contribution in [0.5, 0.6) is 17.2 Å². The summed E-state index contributed by atoms with van der Waals surface area (Å²) >= 11 is 7.51. The van der Waals surface area contributed by atoms with E-state index in [0.717, 1.165) is 0 Å². The molecule has 3 aromatic carbocycles. The van der Waals surface area contributed by atoms with Gasteiger partial charge in [-0.2, -0.15) is 0 Å². The quantitative estimate of drug-likeness (QED) is 0.267. The van der Waals surface area contributed by atoms with E-state index in [1.165, 1.54) is 43.3 Å². The Morgan fingerprint density at radius 1 is 1.05 bits per heavy atom. The summed E-state index contributed by atoms with van der Waals surface area (Å²) in [6.45, 7) is 1.72. The first-order valence-electron chi connectivity index (χ1n) is 12.7. The first kappa shape index (κ1) is 29.1. The molecule has 0 amide bonds. The number of hydrogen-bond acceptors (Lipinski definition) is 8. The summed E-state index contributed by atoms with van der Waals surface area (Å²) in [5, 5.41) is 0.413. The minimum absolute atomic E-state index is 0.0236. The molecule has 11 heteroatoms. The van der Waals surface area contributed by atoms with E-state index in [-0.39, 0.29) is 23.6 Å². The van der Waals surface area contributed by atoms with Crippen LogP contribution in [0.4, 0.5) is 4.39 Å². The lowest BCUT2D eigenvalue weighted by Crippen LogP contribution is -2.40. The summed E-state index contributed by atoms with van der Waals surface area (Å²) < 4.78 is 37.8. The molecule has 1 aliphatic rings. The smallest absolute Gasteiger partial charge is 0.338 e. The molecule has 42 heavy (non-hydrogen) atoms. The predicted octanol–water partition coefficient (Wildman–Crippen LogP) is 4.80. The van der Waals surface area contributed by atoms with Gasteiger partial charge in [-0.3, -0.25) is 9.36 Å². The van der Waals surface area contributed by atoms with Gasteiger partial charge in [-0.1, -0.05) is 47.2 Å². The van der Waals surface area contributed by atoms with Crippen molar-refractivity contribution in [2.24, 2.45) is 4.99 Å². The van der Waals surface area contributed by atoms with E-state index in [0.29, 0.717) is 54.0 Å². The largest absolute Gasteiger partial charge is 0.496 e. The van der Waals surface area contributed by atoms with Crippen LogP contribution in [-0.2, 0) is 16.1 Å². The van der Waals surface area contributed by atoms with Gasteiger partial charge in [0.05, 0.1) is 37.1 Å². The number of esters is 1. The summed E-state index contributed by atoms with van der Waals surface area (Å²) in [5.74, 6) is 0.311. The SMILES string of the molecule is COC(=O)C1=C(C)N=c2s/c(=C\c3ccc(OCc4ccccc4F)c(OC)c3)c(=O)n2[C@H]1c1cc(Cl)ccc1OC. The Bertz CT molecular complexity index is 1900. The van der Waals surface area contributed by atoms with E-state index in [1.807, 2.05) is 0 Å². The number of aromatic nitrogens is 1. The molecule has 4 aromatic rings. The number of methoxy groups -OCH3 is 3. The lowest BCUT2D eigenvalue weighted by Gasteiger charge is -2.25. The number of carbonyl (C=O) groups is 1. The third-order valence-corrected chi connectivity index (χ3v) is 7.96. The minimum atomic E-state index is -0.881. The average Bonchev–Trinajstić information content (AvgIpc) is 3.29. The van der Waals surface area contributed by atoms with Crippen molar-refractivity contribution >= 4 is 35.0 Å². The topological polar surface area (TPSA) is 88.4 Å². The number of carbonyl (C=O) groups excluding carboxylic acids is 1. The molecule has 0 aliphatic carbocycles. The molecular weight excluding hydrogens is 583 g/mol. The fourth-order valence-corrected chi connectivity index (χ4v) is 5.95. The summed E-state index contributed by atoms with van der Waals surface area (Å²) in [5.41, 5.74) is 1.85. The number of hydrogen-bond donors (Lipinski definition) is 0. The zero-order valence-corrected chi connectivity index (χ0v) is 24.7. The number of thiazole rings is 1. The number of halogens is 2. The predicted molar refractivity (Wildman–Crippen MR) is 158 cm³/mol. The lowest BCUT2D eigenvalue weighted by atomic mass is 9.95. The zero-order chi connectivity index (χ0) is 30.0. The molecule has 0 spiro atoms. The average molecular weight is 609 g/mol. The highest BCUT2D eigenvalue weighted by Gasteiger charge is 2.35. The Balaban J connectivity index is 1.59. The Labute approximate surface area is 249 Å². The Hall–Kier alpha value is -4.41. The maximum Gasteiger partial charge on any atom is 0.338 e. The van der Waals surface area contributed by atoms with Crippen LogP contribution in [0.25, 0.3) is 6.08 Å². The van der Waals surface area contributed by atoms with E-state index in [9.17, 15) is 14.0 Å². The van der Waals surface area contributed by atoms with Gasteiger partial charge in [0.15, 0.2) is 16.3 Å². The number of rotatable bonds is 8. The Morgan fingerprint density at radius 3 is 2.50 bits per heavy atom. The molecule has 1 aromatic heterocycles. The second-order valence-electron chi connectivity index (χ2n) is 9.25. The second kappa shape index (κ2) is 12.2. The van der Waals surface area contributed by atoms with Crippen LogP contribution in [0.15, 0.2) is 81.7 Å². The molecular formula is C31H26ClFN2O6S. The Morgan fingerprint density at radius 2 is 1.79 bits per heavy atom. The molecule has 5 rings (SSSR count). The second-order valence-corrected chi connectivity index (χ2v) is 10.7. The monoisotopic (exact) mass is 608 g/mol. The minimum Gasteiger partial charge on any atom is -0.496 e. The lowest BCUT2D eigenvalue weighted by molar-refractivity contribution is -0.136. The van der Waals surface area contributed by atoms with Gasteiger partial charge in [0.1, 0.15) is 24.2 Å². The molecule has 0 N–H and O–H groups in total. The summed E-state index contributed by atoms with van der Waals surface area (Å²) in [6, 6.07) is 15.7. The van der Waals surface area contributed by atoms with Gasteiger partial charge in [0, 0.05) is 16.1 Å². The number of allylic oxidation sites excluding steroid dienone is 1. The van der Waals surface area contributed by atoms with E-state index in [4.69, 9.17) is 30.5 Å². The third-order valence-electron chi connectivity index (χ3n) is 6.74. The standard InChI is InChI=1S/C31H26ClFN2O6S/c1-17-27(30(37)40-4)28(21-15-20(32)10-12-23(21)38-2)35-29(36)26(42-31(35)34-17)14-18-9-11-24(25(13-18)39-3)41-16-19-7-5-6-8-22(19)33/h5-15,28H,16H2,1-4H3/b26-14-/t28-/m0/s1. The van der Waals surface area contributed by atoms with Crippen molar-refractivity contribution in [1.82, 2.24) is 4.57 Å². The van der Waals surface area contributed by atoms with Gasteiger partial charge in [-0.25, -0.2) is 14.2 Å². The van der Waals surface area contributed by atoms with E-state index in [2.05, 4.69) is 4.99 Å². The van der Waals surface area contributed by atoms with Gasteiger partial charge < -0.3 is 18.9 Å². The summed E-state index contributed by atoms with van der Waals surface area (Å²) in [7, 11) is 4.28. The molecule has 0 saturated heterocycles. The molecule has 216 valence electrons. The molecule has 2 heterocycles. The fraction of sp³-hybridized carbons (Fsp3) is 0.194. The number of benzene rings is 3. The van der Waals surface area contributed by atoms with Gasteiger partial charge in [-0.05, 0) is 55.0 Å². The summed E-state index contributed by atoms with van der Waals surface area (Å²) in [6.07, 6.45) is 1.70. The molecule has 0 unspecified atom stereocenters. The maximum atomic E-state index is 14.0. The third kappa shape index (κ3) is 5.55. The number of fused-ring (bicyclic) bond motifs is 1. The highest BCUT2D eigenvalue weighted by Crippen LogP contribution is 2.37. The normalized spacial score (nSPS) is 14.7. The van der Waals surface area contributed by atoms with E-state index >= 15 is 0 Å². The molecule has 0 fully saturated rings. The van der Waals surface area contributed by atoms with Gasteiger partial charge in [-0.15, -0.1) is 0 Å². The van der Waals surface area contributed by atoms with Crippen LogP contribution in [-0.4, -0.2) is 31.9 Å². The first-order valence-corrected chi connectivity index (χ1v) is 13.9. The molecule has 0 radical (unpaired) electrons. The molecule has 0 bridgehead atoms. The number of nitrogens with zero attached hydrogens (tertiary/aromatic N) is 2. The molecule has 1 aliphatic heterocycles. The van der Waals surface area contributed by atoms with Crippen LogP contribution < -0.4 is 29.1 Å². The van der Waals surface area contributed by atoms with Crippen LogP contribution >= 0.6 is 22.9 Å². The van der Waals surface area contributed by atoms with Crippen molar-refractivity contribution in [2.75, 3.05) is 21.3 Å². The van der Waals surface area contributed by atoms with Crippen molar-refractivity contribution in [3.63, 3.8) is 0 Å². The van der Waals surface area contributed by atoms with Gasteiger partial charge >= 0.3 is 5.97 Å². The van der Waals surface area contributed by atoms with Crippen molar-refractivity contribution in [1.29, 1.82) is 0 Å². The fourth-order valence-electron chi connectivity index (χ4n) is 4.72. The van der Waals surface area contributed by atoms with Crippen molar-refractivity contribution < 1.29 is 28.1 Å². The maximum absolute atomic E-state index is 14.0. The Kier molecular flexibility index (Phi) is 8.46. The zero-order valence-electron chi connectivity index (χ0n) is 23.1. The first-order chi connectivity index (χ1) is 20.2. The highest BCUT2D eigenvalue weighted by molar-refractivity contribution is 7.07. The van der Waals surface area contributed by atoms with Gasteiger partial charge in [0.25, 0.3) is 5.56 Å². The van der Waals surface area contributed by atoms with Crippen LogP contribution in [0, 0.1) is 5.82 Å². The van der Waals surface area contributed by atoms with Crippen molar-refractivity contribution in [3.8, 4) is 17.2 Å². The highest BCUT2D eigenvalue weighted by atomic mass is 35.5. The van der Waals surface area contributed by atoms with Crippen molar-refractivity contribution in [3.05, 3.63) is 119 Å². The van der Waals surface area contributed by atoms with Gasteiger partial charge in [0.2, 0.25) is 0 Å². The van der Waals surface area contributed by atoms with Crippen LogP contribution in [0.2, 0.25) is 5.02 Å². The molecule has 1 atom stereocenters. The molecule has 0 saturated carbocycles. The number of ether oxygens (including phenoxy) is 4. The van der Waals surface area contributed by atoms with E-state index in [1.54, 1.807) is 67.6 Å². The summed E-state index contributed by atoms with van der Waals surface area (Å²) in [4.78, 5) is 31.8. The van der Waals surface area contributed by atoms with E-state index < -0.39 is 12.0 Å². The van der Waals surface area contributed by atoms with Crippen LogP contribution in [0.3, 0.4) is 0 Å².